The molecule has 0 spiro atoms. The number of morpholine rings is 1. The number of piperidine rings is 1. The van der Waals surface area contributed by atoms with Gasteiger partial charge in [-0.1, -0.05) is 12.1 Å². The van der Waals surface area contributed by atoms with Crippen LogP contribution in [-0.4, -0.2) is 72.3 Å². The van der Waals surface area contributed by atoms with Gasteiger partial charge in [-0.15, -0.1) is 0 Å². The molecular formula is C18H26N4O. The van der Waals surface area contributed by atoms with E-state index in [0.29, 0.717) is 5.92 Å². The fourth-order valence-corrected chi connectivity index (χ4v) is 3.70. The predicted octanol–water partition coefficient (Wildman–Crippen LogP) is 2.07. The Balaban J connectivity index is 1.28. The van der Waals surface area contributed by atoms with Gasteiger partial charge in [-0.25, -0.2) is 4.98 Å². The molecule has 0 aliphatic carbocycles. The maximum Gasteiger partial charge on any atom is 0.110 e. The number of benzene rings is 1. The van der Waals surface area contributed by atoms with E-state index in [1.165, 1.54) is 44.8 Å². The van der Waals surface area contributed by atoms with Crippen molar-refractivity contribution in [2.75, 3.05) is 52.5 Å². The number of nitrogens with zero attached hydrogens (tertiary/aromatic N) is 3. The molecule has 2 aromatic rings. The molecule has 0 bridgehead atoms. The molecule has 0 radical (unpaired) electrons. The van der Waals surface area contributed by atoms with Gasteiger partial charge in [0.2, 0.25) is 0 Å². The number of ether oxygens (including phenoxy) is 1. The van der Waals surface area contributed by atoms with Crippen molar-refractivity contribution in [3.63, 3.8) is 0 Å². The van der Waals surface area contributed by atoms with Crippen LogP contribution in [0.25, 0.3) is 11.0 Å². The number of hydrogen-bond donors (Lipinski definition) is 1. The van der Waals surface area contributed by atoms with E-state index in [9.17, 15) is 0 Å². The molecule has 0 saturated carbocycles. The molecular weight excluding hydrogens is 288 g/mol. The number of nitrogens with one attached hydrogen (secondary N) is 1. The highest BCUT2D eigenvalue weighted by atomic mass is 16.5. The maximum atomic E-state index is 5.41. The minimum absolute atomic E-state index is 0.585. The van der Waals surface area contributed by atoms with E-state index < -0.39 is 0 Å². The van der Waals surface area contributed by atoms with Gasteiger partial charge in [0.05, 0.1) is 24.2 Å². The molecule has 1 aromatic carbocycles. The Hall–Kier alpha value is -1.43. The van der Waals surface area contributed by atoms with E-state index in [4.69, 9.17) is 9.72 Å². The van der Waals surface area contributed by atoms with Crippen LogP contribution >= 0.6 is 0 Å². The summed E-state index contributed by atoms with van der Waals surface area (Å²) in [5.41, 5.74) is 2.26. The van der Waals surface area contributed by atoms with Crippen LogP contribution in [0.5, 0.6) is 0 Å². The summed E-state index contributed by atoms with van der Waals surface area (Å²) in [6, 6.07) is 8.33. The molecule has 4 rings (SSSR count). The lowest BCUT2D eigenvalue weighted by atomic mass is 9.96. The van der Waals surface area contributed by atoms with Gasteiger partial charge in [0.25, 0.3) is 0 Å². The monoisotopic (exact) mass is 314 g/mol. The summed E-state index contributed by atoms with van der Waals surface area (Å²) in [5, 5.41) is 0. The highest BCUT2D eigenvalue weighted by Crippen LogP contribution is 2.27. The van der Waals surface area contributed by atoms with Crippen molar-refractivity contribution < 1.29 is 4.74 Å². The summed E-state index contributed by atoms with van der Waals surface area (Å²) >= 11 is 0. The van der Waals surface area contributed by atoms with Crippen LogP contribution in [-0.2, 0) is 4.74 Å². The molecule has 5 nitrogen and oxygen atoms in total. The Morgan fingerprint density at radius 1 is 1.00 bits per heavy atom. The van der Waals surface area contributed by atoms with Gasteiger partial charge in [-0.2, -0.15) is 0 Å². The third-order valence-electron chi connectivity index (χ3n) is 5.22. The first kappa shape index (κ1) is 15.1. The number of aromatic nitrogens is 2. The van der Waals surface area contributed by atoms with Crippen LogP contribution in [0.15, 0.2) is 24.3 Å². The fraction of sp³-hybridized carbons (Fsp3) is 0.611. The van der Waals surface area contributed by atoms with Crippen molar-refractivity contribution in [3.8, 4) is 0 Å². The Morgan fingerprint density at radius 2 is 1.70 bits per heavy atom. The Morgan fingerprint density at radius 3 is 2.43 bits per heavy atom. The normalized spacial score (nSPS) is 21.9. The summed E-state index contributed by atoms with van der Waals surface area (Å²) in [6.45, 7) is 8.72. The zero-order chi connectivity index (χ0) is 15.5. The highest BCUT2D eigenvalue weighted by Gasteiger charge is 2.23. The molecule has 23 heavy (non-hydrogen) atoms. The van der Waals surface area contributed by atoms with Gasteiger partial charge >= 0.3 is 0 Å². The quantitative estimate of drug-likeness (QED) is 0.938. The average Bonchev–Trinajstić information content (AvgIpc) is 3.05. The molecule has 2 fully saturated rings. The molecule has 2 saturated heterocycles. The van der Waals surface area contributed by atoms with Gasteiger partial charge < -0.3 is 14.6 Å². The number of para-hydroxylation sites is 2. The second-order valence-electron chi connectivity index (χ2n) is 6.71. The summed E-state index contributed by atoms with van der Waals surface area (Å²) in [5.74, 6) is 1.76. The highest BCUT2D eigenvalue weighted by molar-refractivity contribution is 5.74. The smallest absolute Gasteiger partial charge is 0.110 e. The second kappa shape index (κ2) is 6.99. The Labute approximate surface area is 137 Å². The van der Waals surface area contributed by atoms with E-state index in [-0.39, 0.29) is 0 Å². The molecule has 3 heterocycles. The maximum absolute atomic E-state index is 5.41. The van der Waals surface area contributed by atoms with Crippen molar-refractivity contribution in [1.82, 2.24) is 19.8 Å². The standard InChI is InChI=1S/C18H26N4O/c1-2-4-17-16(3-1)19-18(20-17)15-5-7-21(8-6-15)9-10-22-11-13-23-14-12-22/h1-4,15H,5-14H2,(H,19,20). The van der Waals surface area contributed by atoms with Gasteiger partial charge in [0.15, 0.2) is 0 Å². The van der Waals surface area contributed by atoms with Crippen LogP contribution < -0.4 is 0 Å². The van der Waals surface area contributed by atoms with Crippen LogP contribution in [0, 0.1) is 0 Å². The molecule has 2 aliphatic rings. The summed E-state index contributed by atoms with van der Waals surface area (Å²) in [6.07, 6.45) is 2.42. The number of rotatable bonds is 4. The third kappa shape index (κ3) is 3.57. The summed E-state index contributed by atoms with van der Waals surface area (Å²) in [7, 11) is 0. The van der Waals surface area contributed by atoms with Gasteiger partial charge in [0.1, 0.15) is 5.82 Å². The number of H-pyrrole nitrogens is 1. The molecule has 1 aromatic heterocycles. The number of aromatic amines is 1. The SMILES string of the molecule is c1ccc2[nH]c(C3CCN(CCN4CCOCC4)CC3)nc2c1. The lowest BCUT2D eigenvalue weighted by Crippen LogP contribution is -2.43. The Bertz CT molecular complexity index is 594. The summed E-state index contributed by atoms with van der Waals surface area (Å²) in [4.78, 5) is 13.4. The van der Waals surface area contributed by atoms with Crippen LogP contribution in [0.2, 0.25) is 0 Å². The van der Waals surface area contributed by atoms with Crippen molar-refractivity contribution in [3.05, 3.63) is 30.1 Å². The fourth-order valence-electron chi connectivity index (χ4n) is 3.70. The van der Waals surface area contributed by atoms with Crippen molar-refractivity contribution in [2.24, 2.45) is 0 Å². The van der Waals surface area contributed by atoms with E-state index in [1.807, 2.05) is 0 Å². The van der Waals surface area contributed by atoms with E-state index in [1.54, 1.807) is 0 Å². The lowest BCUT2D eigenvalue weighted by molar-refractivity contribution is 0.0320. The van der Waals surface area contributed by atoms with E-state index in [2.05, 4.69) is 39.0 Å². The average molecular weight is 314 g/mol. The molecule has 1 N–H and O–H groups in total. The topological polar surface area (TPSA) is 44.4 Å². The molecule has 124 valence electrons. The molecule has 2 aliphatic heterocycles. The van der Waals surface area contributed by atoms with Gasteiger partial charge in [-0.05, 0) is 38.1 Å². The van der Waals surface area contributed by atoms with Crippen molar-refractivity contribution in [2.45, 2.75) is 18.8 Å². The first-order valence-corrected chi connectivity index (χ1v) is 8.85. The molecule has 0 amide bonds. The van der Waals surface area contributed by atoms with Gasteiger partial charge in [0, 0.05) is 32.1 Å². The van der Waals surface area contributed by atoms with Gasteiger partial charge in [-0.3, -0.25) is 4.90 Å². The molecule has 0 atom stereocenters. The minimum atomic E-state index is 0.585. The lowest BCUT2D eigenvalue weighted by Gasteiger charge is -2.34. The molecule has 0 unspecified atom stereocenters. The van der Waals surface area contributed by atoms with Crippen molar-refractivity contribution >= 4 is 11.0 Å². The van der Waals surface area contributed by atoms with E-state index in [0.717, 1.165) is 37.3 Å². The number of hydrogen-bond acceptors (Lipinski definition) is 4. The zero-order valence-electron chi connectivity index (χ0n) is 13.7. The number of fused-ring (bicyclic) bond motifs is 1. The van der Waals surface area contributed by atoms with Crippen LogP contribution in [0.3, 0.4) is 0 Å². The van der Waals surface area contributed by atoms with E-state index >= 15 is 0 Å². The third-order valence-corrected chi connectivity index (χ3v) is 5.22. The van der Waals surface area contributed by atoms with Crippen molar-refractivity contribution in [1.29, 1.82) is 0 Å². The Kier molecular flexibility index (Phi) is 4.60. The number of imidazole rings is 1. The summed E-state index contributed by atoms with van der Waals surface area (Å²) < 4.78 is 5.41. The first-order chi connectivity index (χ1) is 11.4. The number of likely N-dealkylation sites (tertiary alicyclic amines) is 1. The van der Waals surface area contributed by atoms with Crippen LogP contribution in [0.1, 0.15) is 24.6 Å². The zero-order valence-corrected chi connectivity index (χ0v) is 13.7. The van der Waals surface area contributed by atoms with Crippen LogP contribution in [0.4, 0.5) is 0 Å². The molecule has 5 heteroatoms. The second-order valence-corrected chi connectivity index (χ2v) is 6.71. The largest absolute Gasteiger partial charge is 0.379 e. The predicted molar refractivity (Wildman–Crippen MR) is 91.8 cm³/mol. The first-order valence-electron chi connectivity index (χ1n) is 8.85. The minimum Gasteiger partial charge on any atom is -0.379 e.